The summed E-state index contributed by atoms with van der Waals surface area (Å²) in [4.78, 5) is 22.0. The first-order valence-corrected chi connectivity index (χ1v) is 8.57. The van der Waals surface area contributed by atoms with Crippen LogP contribution in [-0.2, 0) is 20.0 Å². The van der Waals surface area contributed by atoms with Gasteiger partial charge in [-0.05, 0) is 33.3 Å². The minimum Gasteiger partial charge on any atom is -0.347 e. The molecule has 1 N–H and O–H groups in total. The number of carbonyl (C=O) groups is 1. The Labute approximate surface area is 146 Å². The number of imidazole rings is 1. The maximum Gasteiger partial charge on any atom is 0.252 e. The fourth-order valence-electron chi connectivity index (χ4n) is 3.72. The van der Waals surface area contributed by atoms with Crippen molar-refractivity contribution in [1.29, 1.82) is 0 Å². The van der Waals surface area contributed by atoms with Crippen LogP contribution in [0.15, 0.2) is 12.3 Å². The summed E-state index contributed by atoms with van der Waals surface area (Å²) in [6.45, 7) is 6.58. The molecule has 0 bridgehead atoms. The Hall–Kier alpha value is -2.70. The van der Waals surface area contributed by atoms with E-state index in [2.05, 4.69) is 25.0 Å². The Bertz CT molecular complexity index is 983. The van der Waals surface area contributed by atoms with Crippen LogP contribution < -0.4 is 5.32 Å². The van der Waals surface area contributed by atoms with Crippen LogP contribution in [0.25, 0.3) is 11.0 Å². The van der Waals surface area contributed by atoms with E-state index in [9.17, 15) is 4.79 Å². The van der Waals surface area contributed by atoms with Crippen molar-refractivity contribution in [2.24, 2.45) is 7.05 Å². The second kappa shape index (κ2) is 5.68. The van der Waals surface area contributed by atoms with Crippen molar-refractivity contribution in [3.05, 3.63) is 40.7 Å². The third kappa shape index (κ3) is 2.69. The van der Waals surface area contributed by atoms with Gasteiger partial charge in [-0.1, -0.05) is 0 Å². The molecule has 25 heavy (non-hydrogen) atoms. The fourth-order valence-corrected chi connectivity index (χ4v) is 3.72. The lowest BCUT2D eigenvalue weighted by Gasteiger charge is -2.25. The summed E-state index contributed by atoms with van der Waals surface area (Å²) in [5, 5.41) is 8.44. The lowest BCUT2D eigenvalue weighted by atomic mass is 10.0. The third-order valence-electron chi connectivity index (χ3n) is 4.79. The van der Waals surface area contributed by atoms with Crippen molar-refractivity contribution in [3.8, 4) is 0 Å². The number of aryl methyl sites for hydroxylation is 5. The number of rotatable bonds is 2. The molecule has 3 aromatic rings. The molecule has 0 aliphatic carbocycles. The van der Waals surface area contributed by atoms with Gasteiger partial charge in [-0.15, -0.1) is 0 Å². The molecule has 4 heterocycles. The summed E-state index contributed by atoms with van der Waals surface area (Å²) in [5.41, 5.74) is 4.07. The van der Waals surface area contributed by atoms with E-state index in [4.69, 9.17) is 0 Å². The highest BCUT2D eigenvalue weighted by atomic mass is 16.1. The van der Waals surface area contributed by atoms with E-state index in [0.717, 1.165) is 53.3 Å². The average Bonchev–Trinajstić information content (AvgIpc) is 3.05. The van der Waals surface area contributed by atoms with Gasteiger partial charge in [-0.2, -0.15) is 5.10 Å². The van der Waals surface area contributed by atoms with E-state index in [1.165, 1.54) is 0 Å². The van der Waals surface area contributed by atoms with Gasteiger partial charge in [0.05, 0.1) is 22.3 Å². The van der Waals surface area contributed by atoms with E-state index >= 15 is 0 Å². The minimum absolute atomic E-state index is 0.0584. The van der Waals surface area contributed by atoms with Crippen LogP contribution in [0.5, 0.6) is 0 Å². The summed E-state index contributed by atoms with van der Waals surface area (Å²) < 4.78 is 3.88. The third-order valence-corrected chi connectivity index (χ3v) is 4.79. The molecule has 130 valence electrons. The number of amides is 1. The monoisotopic (exact) mass is 338 g/mol. The maximum atomic E-state index is 13.0. The Kier molecular flexibility index (Phi) is 3.59. The molecule has 3 aromatic heterocycles. The molecule has 1 amide bonds. The highest BCUT2D eigenvalue weighted by molar-refractivity contribution is 6.06. The van der Waals surface area contributed by atoms with E-state index in [0.29, 0.717) is 5.56 Å². The predicted molar refractivity (Wildman–Crippen MR) is 94.5 cm³/mol. The van der Waals surface area contributed by atoms with Crippen LogP contribution in [0, 0.1) is 20.8 Å². The number of hydrogen-bond donors (Lipinski definition) is 1. The summed E-state index contributed by atoms with van der Waals surface area (Å²) in [7, 11) is 1.85. The van der Waals surface area contributed by atoms with Crippen LogP contribution in [-0.4, -0.2) is 36.3 Å². The van der Waals surface area contributed by atoms with Gasteiger partial charge in [-0.3, -0.25) is 9.48 Å². The van der Waals surface area contributed by atoms with E-state index < -0.39 is 0 Å². The van der Waals surface area contributed by atoms with E-state index in [1.807, 2.05) is 40.1 Å². The molecule has 7 nitrogen and oxygen atoms in total. The van der Waals surface area contributed by atoms with Gasteiger partial charge in [0.25, 0.3) is 5.91 Å². The zero-order valence-electron chi connectivity index (χ0n) is 15.0. The van der Waals surface area contributed by atoms with Crippen molar-refractivity contribution in [2.75, 3.05) is 0 Å². The first-order valence-electron chi connectivity index (χ1n) is 8.57. The number of hydrogen-bond acceptors (Lipinski definition) is 4. The topological polar surface area (TPSA) is 77.6 Å². The standard InChI is InChI=1S/C18H22N6O/c1-10-7-14(16-12(3)22-23(4)17(16)20-10)18(25)21-13-5-6-15-19-11(2)8-24(15)9-13/h7-8,13H,5-6,9H2,1-4H3,(H,21,25). The van der Waals surface area contributed by atoms with Crippen molar-refractivity contribution in [3.63, 3.8) is 0 Å². The van der Waals surface area contributed by atoms with Crippen LogP contribution in [0.4, 0.5) is 0 Å². The van der Waals surface area contributed by atoms with E-state index in [1.54, 1.807) is 4.68 Å². The predicted octanol–water partition coefficient (Wildman–Crippen LogP) is 1.83. The Morgan fingerprint density at radius 2 is 2.04 bits per heavy atom. The molecule has 0 radical (unpaired) electrons. The molecule has 0 saturated heterocycles. The highest BCUT2D eigenvalue weighted by Gasteiger charge is 2.24. The first kappa shape index (κ1) is 15.8. The van der Waals surface area contributed by atoms with Crippen LogP contribution in [0.2, 0.25) is 0 Å². The number of pyridine rings is 1. The molecule has 0 fully saturated rings. The van der Waals surface area contributed by atoms with Gasteiger partial charge in [0.2, 0.25) is 0 Å². The molecule has 0 aromatic carbocycles. The first-order chi connectivity index (χ1) is 11.9. The maximum absolute atomic E-state index is 13.0. The number of nitrogens with zero attached hydrogens (tertiary/aromatic N) is 5. The van der Waals surface area contributed by atoms with Gasteiger partial charge >= 0.3 is 0 Å². The number of aromatic nitrogens is 5. The Morgan fingerprint density at radius 3 is 2.84 bits per heavy atom. The summed E-state index contributed by atoms with van der Waals surface area (Å²) in [6, 6.07) is 1.95. The molecular weight excluding hydrogens is 316 g/mol. The summed E-state index contributed by atoms with van der Waals surface area (Å²) >= 11 is 0. The van der Waals surface area contributed by atoms with Crippen LogP contribution >= 0.6 is 0 Å². The molecular formula is C18H22N6O. The number of carbonyl (C=O) groups excluding carboxylic acids is 1. The molecule has 0 saturated carbocycles. The quantitative estimate of drug-likeness (QED) is 0.773. The average molecular weight is 338 g/mol. The second-order valence-corrected chi connectivity index (χ2v) is 6.88. The molecule has 7 heteroatoms. The fraction of sp³-hybridized carbons (Fsp3) is 0.444. The second-order valence-electron chi connectivity index (χ2n) is 6.88. The normalized spacial score (nSPS) is 16.9. The smallest absolute Gasteiger partial charge is 0.252 e. The Morgan fingerprint density at radius 1 is 1.24 bits per heavy atom. The molecule has 4 rings (SSSR count). The number of fused-ring (bicyclic) bond motifs is 2. The Balaban J connectivity index is 1.63. The summed E-state index contributed by atoms with van der Waals surface area (Å²) in [6.07, 6.45) is 3.84. The van der Waals surface area contributed by atoms with Gasteiger partial charge in [0.15, 0.2) is 5.65 Å². The number of nitrogens with one attached hydrogen (secondary N) is 1. The largest absolute Gasteiger partial charge is 0.347 e. The van der Waals surface area contributed by atoms with Gasteiger partial charge in [0.1, 0.15) is 5.82 Å². The van der Waals surface area contributed by atoms with Crippen LogP contribution in [0.3, 0.4) is 0 Å². The zero-order chi connectivity index (χ0) is 17.7. The van der Waals surface area contributed by atoms with E-state index in [-0.39, 0.29) is 11.9 Å². The van der Waals surface area contributed by atoms with Crippen molar-refractivity contribution in [2.45, 2.75) is 46.2 Å². The minimum atomic E-state index is -0.0584. The molecule has 1 aliphatic heterocycles. The molecule has 0 spiro atoms. The zero-order valence-corrected chi connectivity index (χ0v) is 15.0. The van der Waals surface area contributed by atoms with Gasteiger partial charge in [0, 0.05) is 37.9 Å². The molecule has 1 aliphatic rings. The lowest BCUT2D eigenvalue weighted by molar-refractivity contribution is 0.0929. The SMILES string of the molecule is Cc1cn2c(n1)CCC(NC(=O)c1cc(C)nc3c1c(C)nn3C)C2. The highest BCUT2D eigenvalue weighted by Crippen LogP contribution is 2.22. The van der Waals surface area contributed by atoms with Crippen molar-refractivity contribution < 1.29 is 4.79 Å². The molecule has 1 unspecified atom stereocenters. The lowest BCUT2D eigenvalue weighted by Crippen LogP contribution is -2.41. The van der Waals surface area contributed by atoms with Crippen LogP contribution in [0.1, 0.15) is 39.7 Å². The summed E-state index contributed by atoms with van der Waals surface area (Å²) in [5.74, 6) is 1.05. The molecule has 1 atom stereocenters. The van der Waals surface area contributed by atoms with Crippen molar-refractivity contribution >= 4 is 16.9 Å². The van der Waals surface area contributed by atoms with Gasteiger partial charge < -0.3 is 9.88 Å². The van der Waals surface area contributed by atoms with Gasteiger partial charge in [-0.25, -0.2) is 9.97 Å². The van der Waals surface area contributed by atoms with Crippen molar-refractivity contribution in [1.82, 2.24) is 29.6 Å².